The quantitative estimate of drug-likeness (QED) is 0.525. The molecule has 0 aliphatic rings. The van der Waals surface area contributed by atoms with Gasteiger partial charge in [-0.3, -0.25) is 9.48 Å². The van der Waals surface area contributed by atoms with E-state index >= 15 is 0 Å². The van der Waals surface area contributed by atoms with Crippen molar-refractivity contribution in [2.45, 2.75) is 45.6 Å². The Morgan fingerprint density at radius 2 is 2.10 bits per heavy atom. The van der Waals surface area contributed by atoms with Crippen LogP contribution in [0.5, 0.6) is 0 Å². The zero-order chi connectivity index (χ0) is 15.1. The van der Waals surface area contributed by atoms with Crippen molar-refractivity contribution in [3.05, 3.63) is 28.9 Å². The topological polar surface area (TPSA) is 44.1 Å². The molecule has 2 aromatic rings. The number of carbonyl (C=O) groups is 1. The summed E-state index contributed by atoms with van der Waals surface area (Å²) >= 11 is 3.49. The maximum Gasteiger partial charge on any atom is 0.305 e. The van der Waals surface area contributed by atoms with Gasteiger partial charge in [0, 0.05) is 22.8 Å². The molecule has 4 nitrogen and oxygen atoms in total. The second kappa shape index (κ2) is 8.17. The number of aryl methyl sites for hydroxylation is 1. The molecule has 0 N–H and O–H groups in total. The lowest BCUT2D eigenvalue weighted by Gasteiger charge is -2.04. The Labute approximate surface area is 133 Å². The van der Waals surface area contributed by atoms with Gasteiger partial charge in [-0.2, -0.15) is 5.10 Å². The van der Waals surface area contributed by atoms with Gasteiger partial charge < -0.3 is 4.74 Å². The molecule has 2 rings (SSSR count). The Morgan fingerprint density at radius 1 is 1.29 bits per heavy atom. The number of hydrogen-bond donors (Lipinski definition) is 0. The highest BCUT2D eigenvalue weighted by molar-refractivity contribution is 9.10. The van der Waals surface area contributed by atoms with Gasteiger partial charge in [0.2, 0.25) is 0 Å². The predicted octanol–water partition coefficient (Wildman–Crippen LogP) is 4.31. The Morgan fingerprint density at radius 3 is 2.90 bits per heavy atom. The van der Waals surface area contributed by atoms with Crippen molar-refractivity contribution in [3.8, 4) is 0 Å². The molecule has 1 aromatic heterocycles. The van der Waals surface area contributed by atoms with Crippen LogP contribution in [0, 0.1) is 0 Å². The SMILES string of the molecule is CCOC(=O)CCCCCCn1ncc2ccc(Br)cc21. The van der Waals surface area contributed by atoms with Crippen LogP contribution < -0.4 is 0 Å². The van der Waals surface area contributed by atoms with Crippen molar-refractivity contribution in [1.29, 1.82) is 0 Å². The van der Waals surface area contributed by atoms with E-state index in [1.807, 2.05) is 23.9 Å². The van der Waals surface area contributed by atoms with Crippen LogP contribution in [0.1, 0.15) is 39.0 Å². The summed E-state index contributed by atoms with van der Waals surface area (Å²) in [5.74, 6) is -0.0829. The van der Waals surface area contributed by atoms with Crippen LogP contribution in [0.3, 0.4) is 0 Å². The van der Waals surface area contributed by atoms with Gasteiger partial charge in [-0.05, 0) is 31.9 Å². The van der Waals surface area contributed by atoms with Crippen molar-refractivity contribution in [1.82, 2.24) is 9.78 Å². The van der Waals surface area contributed by atoms with E-state index in [-0.39, 0.29) is 5.97 Å². The highest BCUT2D eigenvalue weighted by Gasteiger charge is 2.04. The van der Waals surface area contributed by atoms with Gasteiger partial charge in [0.1, 0.15) is 0 Å². The maximum atomic E-state index is 11.2. The number of aromatic nitrogens is 2. The summed E-state index contributed by atoms with van der Waals surface area (Å²) in [4.78, 5) is 11.2. The minimum absolute atomic E-state index is 0.0829. The zero-order valence-electron chi connectivity index (χ0n) is 12.3. The smallest absolute Gasteiger partial charge is 0.305 e. The normalized spacial score (nSPS) is 11.0. The van der Waals surface area contributed by atoms with E-state index in [0.29, 0.717) is 13.0 Å². The van der Waals surface area contributed by atoms with Gasteiger partial charge >= 0.3 is 5.97 Å². The molecular weight excluding hydrogens is 332 g/mol. The van der Waals surface area contributed by atoms with Crippen LogP contribution in [-0.4, -0.2) is 22.4 Å². The second-order valence-electron chi connectivity index (χ2n) is 5.04. The van der Waals surface area contributed by atoms with E-state index < -0.39 is 0 Å². The molecule has 0 aliphatic heterocycles. The van der Waals surface area contributed by atoms with Gasteiger partial charge in [0.05, 0.1) is 18.3 Å². The summed E-state index contributed by atoms with van der Waals surface area (Å²) in [5, 5.41) is 5.60. The van der Waals surface area contributed by atoms with Crippen LogP contribution in [0.15, 0.2) is 28.9 Å². The summed E-state index contributed by atoms with van der Waals surface area (Å²) < 4.78 is 8.03. The number of esters is 1. The first kappa shape index (κ1) is 16.0. The summed E-state index contributed by atoms with van der Waals surface area (Å²) in [5.41, 5.74) is 1.16. The van der Waals surface area contributed by atoms with Crippen LogP contribution in [0.4, 0.5) is 0 Å². The zero-order valence-corrected chi connectivity index (χ0v) is 13.9. The number of ether oxygens (including phenoxy) is 1. The van der Waals surface area contributed by atoms with Crippen LogP contribution >= 0.6 is 15.9 Å². The first-order valence-electron chi connectivity index (χ1n) is 7.47. The van der Waals surface area contributed by atoms with Crippen molar-refractivity contribution in [3.63, 3.8) is 0 Å². The van der Waals surface area contributed by atoms with Crippen LogP contribution in [0.25, 0.3) is 10.9 Å². The van der Waals surface area contributed by atoms with E-state index in [9.17, 15) is 4.79 Å². The summed E-state index contributed by atoms with van der Waals surface area (Å²) in [6.07, 6.45) is 6.58. The Balaban J connectivity index is 1.71. The molecule has 0 atom stereocenters. The fourth-order valence-electron chi connectivity index (χ4n) is 2.34. The molecule has 0 spiro atoms. The van der Waals surface area contributed by atoms with Crippen molar-refractivity contribution in [2.24, 2.45) is 0 Å². The lowest BCUT2D eigenvalue weighted by Crippen LogP contribution is -2.03. The molecule has 5 heteroatoms. The Bertz CT molecular complexity index is 595. The average Bonchev–Trinajstić information content (AvgIpc) is 2.85. The third kappa shape index (κ3) is 4.84. The maximum absolute atomic E-state index is 11.2. The number of fused-ring (bicyclic) bond motifs is 1. The molecule has 0 amide bonds. The minimum Gasteiger partial charge on any atom is -0.466 e. The highest BCUT2D eigenvalue weighted by atomic mass is 79.9. The van der Waals surface area contributed by atoms with Gasteiger partial charge in [-0.15, -0.1) is 0 Å². The first-order chi connectivity index (χ1) is 10.2. The number of halogens is 1. The van der Waals surface area contributed by atoms with Crippen molar-refractivity contribution >= 4 is 32.8 Å². The average molecular weight is 353 g/mol. The number of benzene rings is 1. The number of carbonyl (C=O) groups excluding carboxylic acids is 1. The third-order valence-electron chi connectivity index (χ3n) is 3.41. The molecule has 0 radical (unpaired) electrons. The standard InChI is InChI=1S/C16H21BrN2O2/c1-2-21-16(20)7-5-3-4-6-10-19-15-11-14(17)9-8-13(15)12-18-19/h8-9,11-12H,2-7,10H2,1H3. The van der Waals surface area contributed by atoms with Crippen LogP contribution in [-0.2, 0) is 16.1 Å². The van der Waals surface area contributed by atoms with E-state index in [1.54, 1.807) is 0 Å². The number of rotatable bonds is 8. The summed E-state index contributed by atoms with van der Waals surface area (Å²) in [6, 6.07) is 6.20. The highest BCUT2D eigenvalue weighted by Crippen LogP contribution is 2.20. The van der Waals surface area contributed by atoms with Gasteiger partial charge in [-0.25, -0.2) is 0 Å². The van der Waals surface area contributed by atoms with E-state index in [4.69, 9.17) is 4.74 Å². The molecule has 0 aliphatic carbocycles. The predicted molar refractivity (Wildman–Crippen MR) is 87.2 cm³/mol. The Hall–Kier alpha value is -1.36. The fourth-order valence-corrected chi connectivity index (χ4v) is 2.69. The van der Waals surface area contributed by atoms with E-state index in [0.717, 1.165) is 42.2 Å². The van der Waals surface area contributed by atoms with Gasteiger partial charge in [0.15, 0.2) is 0 Å². The molecule has 0 unspecified atom stereocenters. The first-order valence-corrected chi connectivity index (χ1v) is 8.26. The largest absolute Gasteiger partial charge is 0.466 e. The van der Waals surface area contributed by atoms with Gasteiger partial charge in [0.25, 0.3) is 0 Å². The third-order valence-corrected chi connectivity index (χ3v) is 3.91. The molecule has 0 saturated heterocycles. The second-order valence-corrected chi connectivity index (χ2v) is 5.96. The fraction of sp³-hybridized carbons (Fsp3) is 0.500. The van der Waals surface area contributed by atoms with E-state index in [1.165, 1.54) is 5.39 Å². The molecule has 21 heavy (non-hydrogen) atoms. The number of hydrogen-bond acceptors (Lipinski definition) is 3. The van der Waals surface area contributed by atoms with Gasteiger partial charge in [-0.1, -0.05) is 34.8 Å². The molecule has 0 fully saturated rings. The lowest BCUT2D eigenvalue weighted by molar-refractivity contribution is -0.143. The summed E-state index contributed by atoms with van der Waals surface area (Å²) in [7, 11) is 0. The van der Waals surface area contributed by atoms with Crippen molar-refractivity contribution < 1.29 is 9.53 Å². The molecular formula is C16H21BrN2O2. The van der Waals surface area contributed by atoms with Crippen molar-refractivity contribution in [2.75, 3.05) is 6.61 Å². The van der Waals surface area contributed by atoms with Crippen LogP contribution in [0.2, 0.25) is 0 Å². The van der Waals surface area contributed by atoms with E-state index in [2.05, 4.69) is 33.2 Å². The lowest BCUT2D eigenvalue weighted by atomic mass is 10.1. The molecule has 1 aromatic carbocycles. The number of unbranched alkanes of at least 4 members (excludes halogenated alkanes) is 3. The molecule has 114 valence electrons. The Kier molecular flexibility index (Phi) is 6.23. The summed E-state index contributed by atoms with van der Waals surface area (Å²) in [6.45, 7) is 3.23. The molecule has 0 bridgehead atoms. The molecule has 0 saturated carbocycles. The number of nitrogens with zero attached hydrogens (tertiary/aromatic N) is 2. The monoisotopic (exact) mass is 352 g/mol. The minimum atomic E-state index is -0.0829. The molecule has 1 heterocycles.